The summed E-state index contributed by atoms with van der Waals surface area (Å²) in [6.07, 6.45) is 1.52. The second-order valence-electron chi connectivity index (χ2n) is 4.54. The molecule has 0 spiro atoms. The van der Waals surface area contributed by atoms with Crippen molar-refractivity contribution in [3.8, 4) is 11.3 Å². The minimum absolute atomic E-state index is 0.313. The fourth-order valence-electron chi connectivity index (χ4n) is 1.92. The van der Waals surface area contributed by atoms with E-state index in [1.807, 2.05) is 0 Å². The molecule has 0 saturated heterocycles. The summed E-state index contributed by atoms with van der Waals surface area (Å²) in [7, 11) is 0. The number of nitrogen functional groups attached to an aromatic ring is 1. The Morgan fingerprint density at radius 2 is 1.71 bits per heavy atom. The molecule has 2 aromatic rings. The van der Waals surface area contributed by atoms with Crippen molar-refractivity contribution in [1.29, 1.82) is 0 Å². The highest BCUT2D eigenvalue weighted by molar-refractivity contribution is 5.68. The van der Waals surface area contributed by atoms with Crippen LogP contribution in [0.5, 0.6) is 0 Å². The third kappa shape index (κ3) is 2.28. The summed E-state index contributed by atoms with van der Waals surface area (Å²) in [5.41, 5.74) is 10.2. The smallest absolute Gasteiger partial charge is 0.130 e. The average Bonchev–Trinajstić information content (AvgIpc) is 2.29. The first-order valence-electron chi connectivity index (χ1n) is 5.77. The Bertz CT molecular complexity index is 515. The van der Waals surface area contributed by atoms with Gasteiger partial charge in [-0.15, -0.1) is 0 Å². The average molecular weight is 227 g/mol. The maximum Gasteiger partial charge on any atom is 0.130 e. The second-order valence-corrected chi connectivity index (χ2v) is 4.54. The minimum atomic E-state index is 0.313. The summed E-state index contributed by atoms with van der Waals surface area (Å²) < 4.78 is 0. The summed E-state index contributed by atoms with van der Waals surface area (Å²) in [5, 5.41) is 0. The molecule has 0 aliphatic rings. The number of anilines is 1. The molecule has 2 N–H and O–H groups in total. The van der Waals surface area contributed by atoms with Crippen LogP contribution in [-0.4, -0.2) is 9.97 Å². The number of aryl methyl sites for hydroxylation is 1. The Morgan fingerprint density at radius 1 is 1.06 bits per heavy atom. The van der Waals surface area contributed by atoms with E-state index in [0.717, 1.165) is 16.8 Å². The van der Waals surface area contributed by atoms with Crippen molar-refractivity contribution in [2.45, 2.75) is 26.7 Å². The van der Waals surface area contributed by atoms with Gasteiger partial charge in [-0.2, -0.15) is 0 Å². The van der Waals surface area contributed by atoms with Crippen molar-refractivity contribution >= 4 is 5.82 Å². The SMILES string of the molecule is Cc1ccc(-c2ncnc(N)c2C(C)C)cc1. The zero-order valence-electron chi connectivity index (χ0n) is 10.4. The van der Waals surface area contributed by atoms with Gasteiger partial charge >= 0.3 is 0 Å². The number of benzene rings is 1. The molecule has 88 valence electrons. The van der Waals surface area contributed by atoms with Gasteiger partial charge in [0.1, 0.15) is 12.1 Å². The molecule has 1 aromatic carbocycles. The first-order chi connectivity index (χ1) is 8.09. The van der Waals surface area contributed by atoms with Crippen molar-refractivity contribution in [3.63, 3.8) is 0 Å². The number of hydrogen-bond donors (Lipinski definition) is 1. The van der Waals surface area contributed by atoms with Gasteiger partial charge in [-0.1, -0.05) is 43.7 Å². The largest absolute Gasteiger partial charge is 0.383 e. The fraction of sp³-hybridized carbons (Fsp3) is 0.286. The molecule has 3 nitrogen and oxygen atoms in total. The number of nitrogens with two attached hydrogens (primary N) is 1. The van der Waals surface area contributed by atoms with Gasteiger partial charge in [0.2, 0.25) is 0 Å². The first kappa shape index (κ1) is 11.6. The molecule has 3 heteroatoms. The fourth-order valence-corrected chi connectivity index (χ4v) is 1.92. The molecular weight excluding hydrogens is 210 g/mol. The van der Waals surface area contributed by atoms with E-state index in [4.69, 9.17) is 5.73 Å². The molecule has 2 rings (SSSR count). The van der Waals surface area contributed by atoms with Crippen LogP contribution in [0.25, 0.3) is 11.3 Å². The van der Waals surface area contributed by atoms with Crippen molar-refractivity contribution in [2.24, 2.45) is 0 Å². The van der Waals surface area contributed by atoms with Gasteiger partial charge < -0.3 is 5.73 Å². The van der Waals surface area contributed by atoms with Gasteiger partial charge in [0, 0.05) is 11.1 Å². The van der Waals surface area contributed by atoms with Crippen LogP contribution < -0.4 is 5.73 Å². The van der Waals surface area contributed by atoms with Crippen LogP contribution in [0.4, 0.5) is 5.82 Å². The lowest BCUT2D eigenvalue weighted by molar-refractivity contribution is 0.854. The van der Waals surface area contributed by atoms with E-state index >= 15 is 0 Å². The molecule has 0 atom stereocenters. The van der Waals surface area contributed by atoms with Gasteiger partial charge in [-0.25, -0.2) is 9.97 Å². The van der Waals surface area contributed by atoms with Crippen LogP contribution >= 0.6 is 0 Å². The summed E-state index contributed by atoms with van der Waals surface area (Å²) >= 11 is 0. The monoisotopic (exact) mass is 227 g/mol. The van der Waals surface area contributed by atoms with Crippen LogP contribution in [0, 0.1) is 6.92 Å². The summed E-state index contributed by atoms with van der Waals surface area (Å²) in [6.45, 7) is 6.28. The van der Waals surface area contributed by atoms with Crippen LogP contribution in [0.15, 0.2) is 30.6 Å². The van der Waals surface area contributed by atoms with E-state index in [2.05, 4.69) is 55.0 Å². The third-order valence-corrected chi connectivity index (χ3v) is 2.82. The maximum atomic E-state index is 5.94. The normalized spacial score (nSPS) is 10.8. The van der Waals surface area contributed by atoms with E-state index in [1.54, 1.807) is 0 Å². The molecular formula is C14H17N3. The van der Waals surface area contributed by atoms with E-state index < -0.39 is 0 Å². The number of rotatable bonds is 2. The number of nitrogens with zero attached hydrogens (tertiary/aromatic N) is 2. The van der Waals surface area contributed by atoms with Crippen molar-refractivity contribution in [2.75, 3.05) is 5.73 Å². The molecule has 17 heavy (non-hydrogen) atoms. The summed E-state index contributed by atoms with van der Waals surface area (Å²) in [4.78, 5) is 8.44. The number of hydrogen-bond acceptors (Lipinski definition) is 3. The molecule has 0 saturated carbocycles. The molecule has 0 fully saturated rings. The van der Waals surface area contributed by atoms with E-state index in [0.29, 0.717) is 11.7 Å². The lowest BCUT2D eigenvalue weighted by Crippen LogP contribution is -2.04. The van der Waals surface area contributed by atoms with Gasteiger partial charge in [-0.05, 0) is 12.8 Å². The van der Waals surface area contributed by atoms with E-state index in [9.17, 15) is 0 Å². The topological polar surface area (TPSA) is 51.8 Å². The Hall–Kier alpha value is -1.90. The Labute approximate surface area is 102 Å². The molecule has 1 heterocycles. The van der Waals surface area contributed by atoms with E-state index in [-0.39, 0.29) is 0 Å². The van der Waals surface area contributed by atoms with Crippen LogP contribution in [0.2, 0.25) is 0 Å². The Kier molecular flexibility index (Phi) is 3.09. The zero-order valence-corrected chi connectivity index (χ0v) is 10.4. The summed E-state index contributed by atoms with van der Waals surface area (Å²) in [5.74, 6) is 0.887. The lowest BCUT2D eigenvalue weighted by Gasteiger charge is -2.13. The second kappa shape index (κ2) is 4.53. The van der Waals surface area contributed by atoms with Gasteiger partial charge in [0.25, 0.3) is 0 Å². The van der Waals surface area contributed by atoms with Crippen molar-refractivity contribution in [1.82, 2.24) is 9.97 Å². The Morgan fingerprint density at radius 3 is 2.29 bits per heavy atom. The molecule has 0 bridgehead atoms. The molecule has 0 aliphatic carbocycles. The predicted octanol–water partition coefficient (Wildman–Crippen LogP) is 3.16. The van der Waals surface area contributed by atoms with Gasteiger partial charge in [-0.3, -0.25) is 0 Å². The van der Waals surface area contributed by atoms with Crippen LogP contribution in [-0.2, 0) is 0 Å². The van der Waals surface area contributed by atoms with E-state index in [1.165, 1.54) is 11.9 Å². The Balaban J connectivity index is 2.59. The standard InChI is InChI=1S/C14H17N3/c1-9(2)12-13(16-8-17-14(12)15)11-6-4-10(3)5-7-11/h4-9H,1-3H3,(H2,15,16,17). The minimum Gasteiger partial charge on any atom is -0.383 e. The van der Waals surface area contributed by atoms with Crippen molar-refractivity contribution < 1.29 is 0 Å². The highest BCUT2D eigenvalue weighted by Gasteiger charge is 2.13. The third-order valence-electron chi connectivity index (χ3n) is 2.82. The molecule has 0 amide bonds. The predicted molar refractivity (Wildman–Crippen MR) is 70.7 cm³/mol. The molecule has 0 radical (unpaired) electrons. The number of aromatic nitrogens is 2. The lowest BCUT2D eigenvalue weighted by atomic mass is 9.97. The van der Waals surface area contributed by atoms with Crippen LogP contribution in [0.3, 0.4) is 0 Å². The zero-order chi connectivity index (χ0) is 12.4. The maximum absolute atomic E-state index is 5.94. The van der Waals surface area contributed by atoms with Gasteiger partial charge in [0.15, 0.2) is 0 Å². The molecule has 1 aromatic heterocycles. The van der Waals surface area contributed by atoms with Crippen molar-refractivity contribution in [3.05, 3.63) is 41.7 Å². The van der Waals surface area contributed by atoms with Crippen LogP contribution in [0.1, 0.15) is 30.9 Å². The highest BCUT2D eigenvalue weighted by atomic mass is 14.9. The highest BCUT2D eigenvalue weighted by Crippen LogP contribution is 2.30. The quantitative estimate of drug-likeness (QED) is 0.857. The van der Waals surface area contributed by atoms with Gasteiger partial charge in [0.05, 0.1) is 5.69 Å². The molecule has 0 unspecified atom stereocenters. The first-order valence-corrected chi connectivity index (χ1v) is 5.77. The molecule has 0 aliphatic heterocycles. The summed E-state index contributed by atoms with van der Waals surface area (Å²) in [6, 6.07) is 8.31.